The van der Waals surface area contributed by atoms with Crippen molar-refractivity contribution in [1.82, 2.24) is 19.8 Å². The molecule has 1 fully saturated rings. The predicted octanol–water partition coefficient (Wildman–Crippen LogP) is 3.62. The van der Waals surface area contributed by atoms with Crippen molar-refractivity contribution in [3.05, 3.63) is 66.4 Å². The van der Waals surface area contributed by atoms with E-state index in [0.29, 0.717) is 11.5 Å². The first-order chi connectivity index (χ1) is 16.0. The molecule has 8 nitrogen and oxygen atoms in total. The second-order valence-electron chi connectivity index (χ2n) is 7.96. The number of nitrogens with zero attached hydrogens (tertiary/aromatic N) is 4. The molecular formula is C25H28N6O2. The molecule has 1 aromatic heterocycles. The third-order valence-corrected chi connectivity index (χ3v) is 5.63. The highest BCUT2D eigenvalue weighted by molar-refractivity contribution is 5.95. The first-order valence-corrected chi connectivity index (χ1v) is 11.1. The quantitative estimate of drug-likeness (QED) is 0.604. The first-order valence-electron chi connectivity index (χ1n) is 11.1. The maximum atomic E-state index is 13.0. The van der Waals surface area contributed by atoms with Crippen LogP contribution in [-0.2, 0) is 4.79 Å². The summed E-state index contributed by atoms with van der Waals surface area (Å²) in [5.74, 6) is 0.378. The summed E-state index contributed by atoms with van der Waals surface area (Å²) < 4.78 is 0. The van der Waals surface area contributed by atoms with E-state index in [2.05, 4.69) is 32.4 Å². The van der Waals surface area contributed by atoms with Gasteiger partial charge in [0.25, 0.3) is 5.91 Å². The van der Waals surface area contributed by atoms with Crippen LogP contribution in [0.15, 0.2) is 60.8 Å². The van der Waals surface area contributed by atoms with Crippen molar-refractivity contribution in [2.24, 2.45) is 0 Å². The highest BCUT2D eigenvalue weighted by atomic mass is 16.2. The second-order valence-corrected chi connectivity index (χ2v) is 7.96. The van der Waals surface area contributed by atoms with Crippen LogP contribution in [0.25, 0.3) is 11.3 Å². The van der Waals surface area contributed by atoms with E-state index < -0.39 is 0 Å². The number of aromatic nitrogens is 2. The molecule has 0 aliphatic carbocycles. The molecule has 0 bridgehead atoms. The fraction of sp³-hybridized carbons (Fsp3) is 0.280. The molecule has 0 radical (unpaired) electrons. The molecule has 2 heterocycles. The molecule has 2 amide bonds. The van der Waals surface area contributed by atoms with E-state index in [1.165, 1.54) is 6.92 Å². The second kappa shape index (κ2) is 10.2. The normalized spacial score (nSPS) is 14.1. The van der Waals surface area contributed by atoms with Crippen LogP contribution < -0.4 is 10.6 Å². The zero-order chi connectivity index (χ0) is 23.2. The Morgan fingerprint density at radius 1 is 0.970 bits per heavy atom. The molecule has 33 heavy (non-hydrogen) atoms. The van der Waals surface area contributed by atoms with Gasteiger partial charge in [0.15, 0.2) is 0 Å². The highest BCUT2D eigenvalue weighted by Gasteiger charge is 2.21. The lowest BCUT2D eigenvalue weighted by Gasteiger charge is -2.34. The van der Waals surface area contributed by atoms with Gasteiger partial charge in [-0.15, -0.1) is 0 Å². The minimum atomic E-state index is -0.111. The Bertz CT molecular complexity index is 1120. The Kier molecular flexibility index (Phi) is 6.95. The van der Waals surface area contributed by atoms with Crippen LogP contribution in [-0.4, -0.2) is 64.3 Å². The van der Waals surface area contributed by atoms with E-state index in [1.807, 2.05) is 59.5 Å². The number of hydrogen-bond acceptors (Lipinski definition) is 6. The lowest BCUT2D eigenvalue weighted by Crippen LogP contribution is -2.48. The number of amides is 2. The maximum Gasteiger partial charge on any atom is 0.254 e. The number of nitrogens with one attached hydrogen (secondary N) is 2. The van der Waals surface area contributed by atoms with Gasteiger partial charge in [0.05, 0.1) is 5.69 Å². The minimum absolute atomic E-state index is 0.0448. The van der Waals surface area contributed by atoms with Gasteiger partial charge in [0.1, 0.15) is 0 Å². The Morgan fingerprint density at radius 2 is 1.73 bits per heavy atom. The number of carbonyl (C=O) groups is 2. The molecular weight excluding hydrogens is 416 g/mol. The van der Waals surface area contributed by atoms with Crippen LogP contribution >= 0.6 is 0 Å². The number of rotatable bonds is 6. The fourth-order valence-corrected chi connectivity index (χ4v) is 3.82. The van der Waals surface area contributed by atoms with Crippen LogP contribution in [0.4, 0.5) is 17.3 Å². The fourth-order valence-electron chi connectivity index (χ4n) is 3.82. The number of benzene rings is 2. The topological polar surface area (TPSA) is 90.5 Å². The average molecular weight is 445 g/mol. The van der Waals surface area contributed by atoms with Crippen molar-refractivity contribution >= 4 is 29.1 Å². The maximum absolute atomic E-state index is 13.0. The molecule has 1 aliphatic heterocycles. The molecule has 1 saturated heterocycles. The zero-order valence-electron chi connectivity index (χ0n) is 18.9. The van der Waals surface area contributed by atoms with Gasteiger partial charge < -0.3 is 20.4 Å². The van der Waals surface area contributed by atoms with E-state index in [9.17, 15) is 9.59 Å². The van der Waals surface area contributed by atoms with E-state index in [-0.39, 0.29) is 11.8 Å². The summed E-state index contributed by atoms with van der Waals surface area (Å²) in [4.78, 5) is 37.3. The SMILES string of the molecule is CCN1CCN(C(=O)c2cccc(Nc3nccc(-c4ccc(NC(C)=O)cc4)n3)c2)CC1. The Labute approximate surface area is 193 Å². The van der Waals surface area contributed by atoms with Gasteiger partial charge in [-0.25, -0.2) is 9.97 Å². The third-order valence-electron chi connectivity index (χ3n) is 5.63. The summed E-state index contributed by atoms with van der Waals surface area (Å²) in [6.07, 6.45) is 1.69. The van der Waals surface area contributed by atoms with Crippen molar-refractivity contribution in [3.63, 3.8) is 0 Å². The van der Waals surface area contributed by atoms with Crippen molar-refractivity contribution in [2.45, 2.75) is 13.8 Å². The summed E-state index contributed by atoms with van der Waals surface area (Å²) in [7, 11) is 0. The Morgan fingerprint density at radius 3 is 2.42 bits per heavy atom. The molecule has 0 atom stereocenters. The number of anilines is 3. The minimum Gasteiger partial charge on any atom is -0.336 e. The average Bonchev–Trinajstić information content (AvgIpc) is 2.84. The number of hydrogen-bond donors (Lipinski definition) is 2. The highest BCUT2D eigenvalue weighted by Crippen LogP contribution is 2.22. The summed E-state index contributed by atoms with van der Waals surface area (Å²) in [6, 6.07) is 16.7. The lowest BCUT2D eigenvalue weighted by molar-refractivity contribution is -0.114. The first kappa shape index (κ1) is 22.4. The van der Waals surface area contributed by atoms with Gasteiger partial charge in [-0.05, 0) is 42.9 Å². The van der Waals surface area contributed by atoms with Gasteiger partial charge in [-0.2, -0.15) is 0 Å². The van der Waals surface area contributed by atoms with Gasteiger partial charge in [0.2, 0.25) is 11.9 Å². The molecule has 4 rings (SSSR count). The Balaban J connectivity index is 1.45. The standard InChI is InChI=1S/C25H28N6O2/c1-3-30-13-15-31(16-14-30)24(33)20-5-4-6-22(17-20)28-25-26-12-11-23(29-25)19-7-9-21(10-8-19)27-18(2)32/h4-12,17H,3,13-16H2,1-2H3,(H,27,32)(H,26,28,29). The number of carbonyl (C=O) groups excluding carboxylic acids is 2. The molecule has 0 unspecified atom stereocenters. The van der Waals surface area contributed by atoms with Crippen molar-refractivity contribution in [1.29, 1.82) is 0 Å². The van der Waals surface area contributed by atoms with Crippen molar-refractivity contribution in [3.8, 4) is 11.3 Å². The molecule has 2 aromatic carbocycles. The van der Waals surface area contributed by atoms with E-state index in [1.54, 1.807) is 6.20 Å². The largest absolute Gasteiger partial charge is 0.336 e. The summed E-state index contributed by atoms with van der Waals surface area (Å²) in [6.45, 7) is 7.95. The van der Waals surface area contributed by atoms with Crippen molar-refractivity contribution < 1.29 is 9.59 Å². The van der Waals surface area contributed by atoms with Crippen molar-refractivity contribution in [2.75, 3.05) is 43.4 Å². The molecule has 0 saturated carbocycles. The molecule has 170 valence electrons. The molecule has 1 aliphatic rings. The van der Waals surface area contributed by atoms with Gasteiger partial charge in [-0.1, -0.05) is 25.1 Å². The van der Waals surface area contributed by atoms with Crippen LogP contribution in [0.3, 0.4) is 0 Å². The summed E-state index contributed by atoms with van der Waals surface area (Å²) in [5.41, 5.74) is 3.80. The van der Waals surface area contributed by atoms with E-state index in [0.717, 1.165) is 55.4 Å². The molecule has 8 heteroatoms. The lowest BCUT2D eigenvalue weighted by atomic mass is 10.1. The monoisotopic (exact) mass is 444 g/mol. The Hall–Kier alpha value is -3.78. The van der Waals surface area contributed by atoms with E-state index >= 15 is 0 Å². The third kappa shape index (κ3) is 5.72. The number of likely N-dealkylation sites (N-methyl/N-ethyl adjacent to an activating group) is 1. The van der Waals surface area contributed by atoms with Gasteiger partial charge in [-0.3, -0.25) is 9.59 Å². The molecule has 3 aromatic rings. The summed E-state index contributed by atoms with van der Waals surface area (Å²) in [5, 5.41) is 5.96. The van der Waals surface area contributed by atoms with E-state index in [4.69, 9.17) is 0 Å². The number of piperazine rings is 1. The molecule has 2 N–H and O–H groups in total. The zero-order valence-corrected chi connectivity index (χ0v) is 18.9. The smallest absolute Gasteiger partial charge is 0.254 e. The molecule has 0 spiro atoms. The summed E-state index contributed by atoms with van der Waals surface area (Å²) >= 11 is 0. The van der Waals surface area contributed by atoms with Crippen LogP contribution in [0, 0.1) is 0 Å². The van der Waals surface area contributed by atoms with Gasteiger partial charge >= 0.3 is 0 Å². The van der Waals surface area contributed by atoms with Crippen LogP contribution in [0.5, 0.6) is 0 Å². The predicted molar refractivity (Wildman–Crippen MR) is 130 cm³/mol. The van der Waals surface area contributed by atoms with Crippen LogP contribution in [0.2, 0.25) is 0 Å². The van der Waals surface area contributed by atoms with Crippen LogP contribution in [0.1, 0.15) is 24.2 Å². The van der Waals surface area contributed by atoms with Gasteiger partial charge in [0, 0.05) is 61.8 Å².